The van der Waals surface area contributed by atoms with Gasteiger partial charge >= 0.3 is 0 Å². The largest absolute Gasteiger partial charge is 0.335 e. The molecule has 1 aliphatic heterocycles. The summed E-state index contributed by atoms with van der Waals surface area (Å²) in [5.41, 5.74) is 5.04. The predicted molar refractivity (Wildman–Crippen MR) is 107 cm³/mol. The highest BCUT2D eigenvalue weighted by atomic mass is 16.2. The van der Waals surface area contributed by atoms with Gasteiger partial charge in [0.1, 0.15) is 5.69 Å². The summed E-state index contributed by atoms with van der Waals surface area (Å²) < 4.78 is 3.92. The summed E-state index contributed by atoms with van der Waals surface area (Å²) in [5, 5.41) is 4.50. The molecule has 1 aliphatic rings. The molecule has 0 aromatic carbocycles. The molecule has 0 bridgehead atoms. The molecule has 28 heavy (non-hydrogen) atoms. The van der Waals surface area contributed by atoms with Gasteiger partial charge in [-0.05, 0) is 38.1 Å². The normalized spacial score (nSPS) is 15.2. The molecule has 1 saturated heterocycles. The van der Waals surface area contributed by atoms with Crippen LogP contribution in [0.3, 0.4) is 0 Å². The number of carbonyl (C=O) groups excluding carboxylic acids is 1. The van der Waals surface area contributed by atoms with Crippen molar-refractivity contribution in [3.8, 4) is 5.69 Å². The standard InChI is InChI=1S/C21H26N6O/c1-16-19(17(2)24(3)23-16)15-25-10-12-27(13-11-25)21(28)20-14-18(6-7-22-20)26-8-4-5-9-26/h4-9,14H,10-13,15H2,1-3H3. The van der Waals surface area contributed by atoms with Crippen LogP contribution in [0, 0.1) is 13.8 Å². The summed E-state index contributed by atoms with van der Waals surface area (Å²) >= 11 is 0. The van der Waals surface area contributed by atoms with E-state index in [9.17, 15) is 4.79 Å². The Balaban J connectivity index is 1.40. The number of nitrogens with zero attached hydrogens (tertiary/aromatic N) is 6. The van der Waals surface area contributed by atoms with E-state index in [1.54, 1.807) is 6.20 Å². The molecule has 4 rings (SSSR count). The number of piperazine rings is 1. The molecule has 0 N–H and O–H groups in total. The van der Waals surface area contributed by atoms with Crippen LogP contribution in [0.2, 0.25) is 0 Å². The lowest BCUT2D eigenvalue weighted by atomic mass is 10.1. The average Bonchev–Trinajstić information content (AvgIpc) is 3.33. The zero-order valence-electron chi connectivity index (χ0n) is 16.7. The van der Waals surface area contributed by atoms with Crippen LogP contribution in [0.25, 0.3) is 5.69 Å². The van der Waals surface area contributed by atoms with Crippen LogP contribution >= 0.6 is 0 Å². The molecule has 7 heteroatoms. The van der Waals surface area contributed by atoms with Crippen molar-refractivity contribution >= 4 is 5.91 Å². The third-order valence-electron chi connectivity index (χ3n) is 5.57. The minimum absolute atomic E-state index is 0.00222. The molecule has 0 aliphatic carbocycles. The number of aryl methyl sites for hydroxylation is 2. The van der Waals surface area contributed by atoms with Crippen molar-refractivity contribution < 1.29 is 4.79 Å². The molecule has 1 amide bonds. The van der Waals surface area contributed by atoms with E-state index in [0.29, 0.717) is 18.8 Å². The first-order chi connectivity index (χ1) is 13.5. The van der Waals surface area contributed by atoms with E-state index in [2.05, 4.69) is 28.8 Å². The minimum Gasteiger partial charge on any atom is -0.335 e. The van der Waals surface area contributed by atoms with Gasteiger partial charge in [0.2, 0.25) is 0 Å². The van der Waals surface area contributed by atoms with Crippen LogP contribution in [-0.2, 0) is 13.6 Å². The Morgan fingerprint density at radius 1 is 1.11 bits per heavy atom. The second kappa shape index (κ2) is 7.59. The van der Waals surface area contributed by atoms with E-state index in [1.165, 1.54) is 11.3 Å². The molecule has 7 nitrogen and oxygen atoms in total. The van der Waals surface area contributed by atoms with E-state index in [1.807, 2.05) is 57.9 Å². The van der Waals surface area contributed by atoms with Gasteiger partial charge < -0.3 is 9.47 Å². The van der Waals surface area contributed by atoms with E-state index in [-0.39, 0.29) is 5.91 Å². The summed E-state index contributed by atoms with van der Waals surface area (Å²) in [5.74, 6) is 0.00222. The highest BCUT2D eigenvalue weighted by molar-refractivity contribution is 5.92. The van der Waals surface area contributed by atoms with Gasteiger partial charge in [0.25, 0.3) is 5.91 Å². The van der Waals surface area contributed by atoms with Crippen LogP contribution in [0.15, 0.2) is 42.9 Å². The lowest BCUT2D eigenvalue weighted by Crippen LogP contribution is -2.48. The monoisotopic (exact) mass is 378 g/mol. The lowest BCUT2D eigenvalue weighted by molar-refractivity contribution is 0.0622. The van der Waals surface area contributed by atoms with Gasteiger partial charge in [0.05, 0.1) is 5.69 Å². The van der Waals surface area contributed by atoms with Gasteiger partial charge in [-0.2, -0.15) is 5.10 Å². The first-order valence-electron chi connectivity index (χ1n) is 9.63. The number of carbonyl (C=O) groups is 1. The average molecular weight is 378 g/mol. The maximum absolute atomic E-state index is 12.9. The van der Waals surface area contributed by atoms with Crippen LogP contribution in [0.4, 0.5) is 0 Å². The predicted octanol–water partition coefficient (Wildman–Crippen LogP) is 2.18. The van der Waals surface area contributed by atoms with Crippen LogP contribution in [0.1, 0.15) is 27.4 Å². The van der Waals surface area contributed by atoms with Gasteiger partial charge in [-0.1, -0.05) is 0 Å². The van der Waals surface area contributed by atoms with E-state index < -0.39 is 0 Å². The second-order valence-corrected chi connectivity index (χ2v) is 7.33. The van der Waals surface area contributed by atoms with Crippen LogP contribution in [0.5, 0.6) is 0 Å². The van der Waals surface area contributed by atoms with Gasteiger partial charge in [-0.15, -0.1) is 0 Å². The first kappa shape index (κ1) is 18.4. The molecule has 3 aromatic rings. The van der Waals surface area contributed by atoms with Crippen molar-refractivity contribution in [1.29, 1.82) is 0 Å². The molecule has 146 valence electrons. The molecule has 1 fully saturated rings. The Morgan fingerprint density at radius 3 is 2.46 bits per heavy atom. The minimum atomic E-state index is 0.00222. The molecule has 4 heterocycles. The third-order valence-corrected chi connectivity index (χ3v) is 5.57. The fourth-order valence-corrected chi connectivity index (χ4v) is 3.74. The highest BCUT2D eigenvalue weighted by Crippen LogP contribution is 2.17. The van der Waals surface area contributed by atoms with Gasteiger partial charge in [0, 0.05) is 75.3 Å². The fourth-order valence-electron chi connectivity index (χ4n) is 3.74. The number of hydrogen-bond donors (Lipinski definition) is 0. The fraction of sp³-hybridized carbons (Fsp3) is 0.381. The summed E-state index contributed by atoms with van der Waals surface area (Å²) in [6, 6.07) is 7.70. The first-order valence-corrected chi connectivity index (χ1v) is 9.63. The Morgan fingerprint density at radius 2 is 1.82 bits per heavy atom. The van der Waals surface area contributed by atoms with E-state index in [4.69, 9.17) is 0 Å². The van der Waals surface area contributed by atoms with Crippen molar-refractivity contribution in [3.63, 3.8) is 0 Å². The van der Waals surface area contributed by atoms with Crippen molar-refractivity contribution in [2.75, 3.05) is 26.2 Å². The molecule has 0 saturated carbocycles. The Bertz CT molecular complexity index is 967. The van der Waals surface area contributed by atoms with Crippen molar-refractivity contribution in [2.45, 2.75) is 20.4 Å². The zero-order chi connectivity index (χ0) is 19.7. The smallest absolute Gasteiger partial charge is 0.272 e. The van der Waals surface area contributed by atoms with E-state index in [0.717, 1.165) is 31.0 Å². The Hall–Kier alpha value is -2.93. The molecule has 0 unspecified atom stereocenters. The number of pyridine rings is 1. The molecule has 0 spiro atoms. The second-order valence-electron chi connectivity index (χ2n) is 7.33. The molecular weight excluding hydrogens is 352 g/mol. The lowest BCUT2D eigenvalue weighted by Gasteiger charge is -2.34. The number of amides is 1. The van der Waals surface area contributed by atoms with Crippen molar-refractivity contribution in [2.24, 2.45) is 7.05 Å². The van der Waals surface area contributed by atoms with Crippen molar-refractivity contribution in [1.82, 2.24) is 29.1 Å². The maximum atomic E-state index is 12.9. The summed E-state index contributed by atoms with van der Waals surface area (Å²) in [6.45, 7) is 8.20. The van der Waals surface area contributed by atoms with Gasteiger partial charge in [-0.25, -0.2) is 0 Å². The molecule has 0 radical (unpaired) electrons. The zero-order valence-corrected chi connectivity index (χ0v) is 16.7. The summed E-state index contributed by atoms with van der Waals surface area (Å²) in [6.07, 6.45) is 5.63. The quantitative estimate of drug-likeness (QED) is 0.698. The van der Waals surface area contributed by atoms with E-state index >= 15 is 0 Å². The number of aromatic nitrogens is 4. The highest BCUT2D eigenvalue weighted by Gasteiger charge is 2.24. The van der Waals surface area contributed by atoms with Gasteiger partial charge in [-0.3, -0.25) is 19.4 Å². The molecule has 0 atom stereocenters. The topological polar surface area (TPSA) is 59.2 Å². The van der Waals surface area contributed by atoms with Gasteiger partial charge in [0.15, 0.2) is 0 Å². The number of rotatable bonds is 4. The Labute approximate surface area is 165 Å². The maximum Gasteiger partial charge on any atom is 0.272 e. The Kier molecular flexibility index (Phi) is 5.00. The van der Waals surface area contributed by atoms with Crippen LogP contribution < -0.4 is 0 Å². The van der Waals surface area contributed by atoms with Crippen molar-refractivity contribution in [3.05, 3.63) is 65.5 Å². The third kappa shape index (κ3) is 3.57. The molecular formula is C21H26N6O. The SMILES string of the molecule is Cc1nn(C)c(C)c1CN1CCN(C(=O)c2cc(-n3cccc3)ccn2)CC1. The van der Waals surface area contributed by atoms with Crippen LogP contribution in [-0.4, -0.2) is 61.2 Å². The summed E-state index contributed by atoms with van der Waals surface area (Å²) in [7, 11) is 1.98. The molecule has 3 aromatic heterocycles. The summed E-state index contributed by atoms with van der Waals surface area (Å²) in [4.78, 5) is 21.5. The number of hydrogen-bond acceptors (Lipinski definition) is 4.